The van der Waals surface area contributed by atoms with Crippen molar-refractivity contribution in [3.8, 4) is 0 Å². The molecule has 0 saturated carbocycles. The Bertz CT molecular complexity index is 186. The highest BCUT2D eigenvalue weighted by molar-refractivity contribution is 4.87. The molecule has 0 unspecified atom stereocenters. The maximum Gasteiger partial charge on any atom is -0.0166 e. The second-order valence-electron chi connectivity index (χ2n) is 4.21. The van der Waals surface area contributed by atoms with Crippen LogP contribution in [-0.2, 0) is 0 Å². The summed E-state index contributed by atoms with van der Waals surface area (Å²) in [5.74, 6) is 0. The van der Waals surface area contributed by atoms with Crippen LogP contribution in [0.25, 0.3) is 0 Å². The van der Waals surface area contributed by atoms with Crippen LogP contribution < -0.4 is 0 Å². The summed E-state index contributed by atoms with van der Waals surface area (Å²) in [6.45, 7) is 7.37. The first-order valence-electron chi connectivity index (χ1n) is 6.71. The molecule has 16 heavy (non-hydrogen) atoms. The average Bonchev–Trinajstić information content (AvgIpc) is 2.31. The van der Waals surface area contributed by atoms with E-state index in [2.05, 4.69) is 31.2 Å². The van der Waals surface area contributed by atoms with E-state index in [4.69, 9.17) is 6.58 Å². The Labute approximate surface area is 102 Å². The molecule has 0 spiro atoms. The highest BCUT2D eigenvalue weighted by Crippen LogP contribution is 2.09. The summed E-state index contributed by atoms with van der Waals surface area (Å²) in [6, 6.07) is 0. The third kappa shape index (κ3) is 13.2. The summed E-state index contributed by atoms with van der Waals surface area (Å²) >= 11 is 0. The van der Waals surface area contributed by atoms with Crippen LogP contribution in [0.5, 0.6) is 0 Å². The minimum atomic E-state index is 0.908. The number of unbranched alkanes of at least 4 members (excludes halogenated alkanes) is 7. The molecule has 0 N–H and O–H groups in total. The molecule has 0 rings (SSSR count). The van der Waals surface area contributed by atoms with Crippen LogP contribution in [0.3, 0.4) is 0 Å². The Morgan fingerprint density at radius 2 is 1.31 bits per heavy atom. The molecular formula is C16H27. The molecule has 0 aromatic rings. The predicted molar refractivity (Wildman–Crippen MR) is 74.4 cm³/mol. The van der Waals surface area contributed by atoms with Gasteiger partial charge in [-0.3, -0.25) is 0 Å². The monoisotopic (exact) mass is 219 g/mol. The third-order valence-electron chi connectivity index (χ3n) is 2.67. The second-order valence-corrected chi connectivity index (χ2v) is 4.21. The summed E-state index contributed by atoms with van der Waals surface area (Å²) < 4.78 is 0. The van der Waals surface area contributed by atoms with Gasteiger partial charge in [-0.1, -0.05) is 62.6 Å². The van der Waals surface area contributed by atoms with Crippen molar-refractivity contribution >= 4 is 0 Å². The molecule has 0 aromatic heterocycles. The zero-order valence-corrected chi connectivity index (χ0v) is 10.8. The van der Waals surface area contributed by atoms with Crippen LogP contribution in [0.1, 0.15) is 64.7 Å². The van der Waals surface area contributed by atoms with E-state index < -0.39 is 0 Å². The highest BCUT2D eigenvalue weighted by atomic mass is 14.0. The molecular weight excluding hydrogens is 192 g/mol. The lowest BCUT2D eigenvalue weighted by molar-refractivity contribution is 0.600. The maximum absolute atomic E-state index is 5.28. The van der Waals surface area contributed by atoms with Crippen LogP contribution in [0.15, 0.2) is 30.4 Å². The molecule has 0 heterocycles. The van der Waals surface area contributed by atoms with E-state index in [0.29, 0.717) is 0 Å². The van der Waals surface area contributed by atoms with Crippen LogP contribution >= 0.6 is 0 Å². The van der Waals surface area contributed by atoms with Crippen molar-refractivity contribution in [3.05, 3.63) is 37.0 Å². The molecule has 0 nitrogen and oxygen atoms in total. The van der Waals surface area contributed by atoms with Gasteiger partial charge in [0.15, 0.2) is 0 Å². The van der Waals surface area contributed by atoms with Gasteiger partial charge in [-0.05, 0) is 39.0 Å². The summed E-state index contributed by atoms with van der Waals surface area (Å²) in [7, 11) is 0. The average molecular weight is 219 g/mol. The normalized spacial score (nSPS) is 11.6. The van der Waals surface area contributed by atoms with E-state index in [1.54, 1.807) is 6.08 Å². The van der Waals surface area contributed by atoms with Crippen molar-refractivity contribution in [2.24, 2.45) is 0 Å². The molecule has 0 fully saturated rings. The largest absolute Gasteiger partial charge is 0.0917 e. The molecule has 1 radical (unpaired) electrons. The zero-order chi connectivity index (χ0) is 11.9. The standard InChI is InChI=1S/C16H27/c1-3-5-7-9-11-13-15-16-14-12-10-8-6-4-2/h1,3-4,6-7,9H,5,8,10-16H2,2H3. The Morgan fingerprint density at radius 3 is 1.88 bits per heavy atom. The van der Waals surface area contributed by atoms with Gasteiger partial charge in [0.2, 0.25) is 0 Å². The predicted octanol–water partition coefficient (Wildman–Crippen LogP) is 5.62. The Kier molecular flexibility index (Phi) is 13.5. The number of rotatable bonds is 11. The van der Waals surface area contributed by atoms with Gasteiger partial charge in [-0.2, -0.15) is 0 Å². The fourth-order valence-corrected chi connectivity index (χ4v) is 1.69. The second kappa shape index (κ2) is 14.2. The van der Waals surface area contributed by atoms with Crippen molar-refractivity contribution in [2.45, 2.75) is 64.7 Å². The molecule has 0 amide bonds. The van der Waals surface area contributed by atoms with Crippen molar-refractivity contribution in [2.75, 3.05) is 0 Å². The molecule has 0 aliphatic rings. The maximum atomic E-state index is 5.28. The van der Waals surface area contributed by atoms with E-state index in [9.17, 15) is 0 Å². The molecule has 91 valence electrons. The van der Waals surface area contributed by atoms with Gasteiger partial charge in [0.1, 0.15) is 0 Å². The topological polar surface area (TPSA) is 0 Å². The number of hydrogen-bond donors (Lipinski definition) is 0. The third-order valence-corrected chi connectivity index (χ3v) is 2.67. The Balaban J connectivity index is 3.01. The Morgan fingerprint density at radius 1 is 0.750 bits per heavy atom. The quantitative estimate of drug-likeness (QED) is 0.312. The van der Waals surface area contributed by atoms with E-state index in [-0.39, 0.29) is 0 Å². The van der Waals surface area contributed by atoms with Crippen LogP contribution in [0.4, 0.5) is 0 Å². The van der Waals surface area contributed by atoms with Crippen molar-refractivity contribution in [1.82, 2.24) is 0 Å². The van der Waals surface area contributed by atoms with Crippen LogP contribution in [-0.4, -0.2) is 0 Å². The molecule has 0 atom stereocenters. The number of hydrogen-bond acceptors (Lipinski definition) is 0. The van der Waals surface area contributed by atoms with Gasteiger partial charge in [0.05, 0.1) is 0 Å². The van der Waals surface area contributed by atoms with Crippen LogP contribution in [0.2, 0.25) is 0 Å². The fraction of sp³-hybridized carbons (Fsp3) is 0.625. The first-order valence-corrected chi connectivity index (χ1v) is 6.71. The molecule has 0 aromatic carbocycles. The fourth-order valence-electron chi connectivity index (χ4n) is 1.69. The van der Waals surface area contributed by atoms with E-state index in [1.807, 2.05) is 0 Å². The van der Waals surface area contributed by atoms with Crippen molar-refractivity contribution in [1.29, 1.82) is 0 Å². The molecule has 0 bridgehead atoms. The summed E-state index contributed by atoms with van der Waals surface area (Å²) in [4.78, 5) is 0. The lowest BCUT2D eigenvalue weighted by Gasteiger charge is -1.99. The SMILES string of the molecule is [CH]=CCC=CCCCCCCCCC=CC. The summed E-state index contributed by atoms with van der Waals surface area (Å²) in [6.07, 6.45) is 22.1. The Hall–Kier alpha value is -0.780. The zero-order valence-electron chi connectivity index (χ0n) is 10.8. The van der Waals surface area contributed by atoms with Gasteiger partial charge in [-0.15, -0.1) is 0 Å². The lowest BCUT2D eigenvalue weighted by Crippen LogP contribution is -1.79. The highest BCUT2D eigenvalue weighted by Gasteiger charge is 1.89. The van der Waals surface area contributed by atoms with Gasteiger partial charge in [0.25, 0.3) is 0 Å². The summed E-state index contributed by atoms with van der Waals surface area (Å²) in [5, 5.41) is 0. The summed E-state index contributed by atoms with van der Waals surface area (Å²) in [5.41, 5.74) is 0. The van der Waals surface area contributed by atoms with E-state index in [0.717, 1.165) is 6.42 Å². The van der Waals surface area contributed by atoms with Crippen LogP contribution in [0, 0.1) is 6.58 Å². The lowest BCUT2D eigenvalue weighted by atomic mass is 10.1. The first kappa shape index (κ1) is 15.2. The van der Waals surface area contributed by atoms with E-state index >= 15 is 0 Å². The molecule has 0 aliphatic carbocycles. The smallest absolute Gasteiger partial charge is 0.0166 e. The van der Waals surface area contributed by atoms with Gasteiger partial charge >= 0.3 is 0 Å². The van der Waals surface area contributed by atoms with Crippen molar-refractivity contribution in [3.63, 3.8) is 0 Å². The molecule has 0 aliphatic heterocycles. The molecule has 0 heteroatoms. The number of allylic oxidation sites excluding steroid dienone is 5. The molecule has 0 saturated heterocycles. The first-order chi connectivity index (χ1) is 7.91. The van der Waals surface area contributed by atoms with Gasteiger partial charge in [-0.25, -0.2) is 0 Å². The van der Waals surface area contributed by atoms with Crippen molar-refractivity contribution < 1.29 is 0 Å². The minimum absolute atomic E-state index is 0.908. The van der Waals surface area contributed by atoms with E-state index in [1.165, 1.54) is 51.4 Å². The minimum Gasteiger partial charge on any atom is -0.0917 e. The van der Waals surface area contributed by atoms with Gasteiger partial charge in [0, 0.05) is 0 Å². The van der Waals surface area contributed by atoms with Gasteiger partial charge < -0.3 is 0 Å².